The molecule has 0 bridgehead atoms. The van der Waals surface area contributed by atoms with Gasteiger partial charge in [0.15, 0.2) is 5.82 Å². The minimum absolute atomic E-state index is 0.0861. The molecule has 0 unspecified atom stereocenters. The average Bonchev–Trinajstić information content (AvgIpc) is 2.81. The third kappa shape index (κ3) is 7.35. The Hall–Kier alpha value is -3.32. The quantitative estimate of drug-likeness (QED) is 0.341. The van der Waals surface area contributed by atoms with E-state index in [1.165, 1.54) is 11.1 Å². The molecule has 0 saturated heterocycles. The Bertz CT molecular complexity index is 1200. The molecule has 1 heterocycles. The second-order valence-electron chi connectivity index (χ2n) is 10.8. The first-order chi connectivity index (χ1) is 17.5. The highest BCUT2D eigenvalue weighted by Crippen LogP contribution is 2.34. The van der Waals surface area contributed by atoms with Crippen LogP contribution in [-0.4, -0.2) is 33.8 Å². The van der Waals surface area contributed by atoms with Gasteiger partial charge >= 0.3 is 6.09 Å². The topological polar surface area (TPSA) is 82.6 Å². The molecule has 1 fully saturated rings. The fourth-order valence-electron chi connectivity index (χ4n) is 4.12. The van der Waals surface area contributed by atoms with Crippen LogP contribution >= 0.6 is 11.6 Å². The molecular formula is C29H34ClN3O4. The van der Waals surface area contributed by atoms with Crippen LogP contribution in [0.25, 0.3) is 0 Å². The van der Waals surface area contributed by atoms with E-state index in [9.17, 15) is 4.79 Å². The molecule has 0 atom stereocenters. The molecule has 1 N–H and O–H groups in total. The van der Waals surface area contributed by atoms with Crippen molar-refractivity contribution in [2.75, 3.05) is 0 Å². The highest BCUT2D eigenvalue weighted by Gasteiger charge is 2.33. The number of ether oxygens (including phenoxy) is 3. The van der Waals surface area contributed by atoms with Gasteiger partial charge in [-0.15, -0.1) is 0 Å². The summed E-state index contributed by atoms with van der Waals surface area (Å²) in [7, 11) is 0. The van der Waals surface area contributed by atoms with Crippen molar-refractivity contribution in [3.63, 3.8) is 0 Å². The first-order valence-corrected chi connectivity index (χ1v) is 12.8. The lowest BCUT2D eigenvalue weighted by Crippen LogP contribution is -2.50. The van der Waals surface area contributed by atoms with Crippen LogP contribution in [0.1, 0.15) is 64.4 Å². The lowest BCUT2D eigenvalue weighted by molar-refractivity contribution is 0.0363. The van der Waals surface area contributed by atoms with E-state index < -0.39 is 5.60 Å². The average molecular weight is 524 g/mol. The molecule has 2 aromatic carbocycles. The maximum Gasteiger partial charge on any atom is 0.407 e. The summed E-state index contributed by atoms with van der Waals surface area (Å²) in [5, 5.41) is 3.29. The number of alkyl carbamates (subject to hydrolysis) is 1. The summed E-state index contributed by atoms with van der Waals surface area (Å²) >= 11 is 5.91. The predicted octanol–water partition coefficient (Wildman–Crippen LogP) is 6.47. The summed E-state index contributed by atoms with van der Waals surface area (Å²) < 4.78 is 17.2. The second-order valence-corrected chi connectivity index (χ2v) is 11.2. The van der Waals surface area contributed by atoms with E-state index in [-0.39, 0.29) is 30.3 Å². The Labute approximate surface area is 223 Å². The molecule has 1 saturated carbocycles. The molecule has 0 spiro atoms. The van der Waals surface area contributed by atoms with E-state index in [1.54, 1.807) is 12.3 Å². The fraction of sp³-hybridized carbons (Fsp3) is 0.414. The van der Waals surface area contributed by atoms with Gasteiger partial charge in [-0.05, 0) is 62.2 Å². The third-order valence-electron chi connectivity index (χ3n) is 6.31. The van der Waals surface area contributed by atoms with E-state index in [0.29, 0.717) is 11.0 Å². The van der Waals surface area contributed by atoms with Crippen LogP contribution in [0.3, 0.4) is 0 Å². The normalized spacial score (nSPS) is 17.5. The second kappa shape index (κ2) is 11.0. The summed E-state index contributed by atoms with van der Waals surface area (Å²) in [6.07, 6.45) is 2.86. The van der Waals surface area contributed by atoms with E-state index in [4.69, 9.17) is 25.8 Å². The number of amides is 1. The Morgan fingerprint density at radius 2 is 1.54 bits per heavy atom. The van der Waals surface area contributed by atoms with E-state index in [0.717, 1.165) is 24.3 Å². The number of benzene rings is 2. The van der Waals surface area contributed by atoms with Crippen LogP contribution in [0.4, 0.5) is 4.79 Å². The molecule has 1 aliphatic carbocycles. The highest BCUT2D eigenvalue weighted by atomic mass is 35.5. The monoisotopic (exact) mass is 523 g/mol. The summed E-state index contributed by atoms with van der Waals surface area (Å²) in [4.78, 5) is 20.2. The summed E-state index contributed by atoms with van der Waals surface area (Å²) in [6.45, 7) is 10.2. The minimum atomic E-state index is -0.498. The largest absolute Gasteiger partial charge is 0.490 e. The van der Waals surface area contributed by atoms with Gasteiger partial charge in [0.25, 0.3) is 0 Å². The summed E-state index contributed by atoms with van der Waals surface area (Å²) in [5.41, 5.74) is 1.65. The SMILES string of the molecule is CC(C)(C)OC(=O)NC1CC(Oc2ccc(C(C)(C)c3ccc(OCc4nccc(Cl)n4)cc3)cc2)C1. The molecular weight excluding hydrogens is 490 g/mol. The molecule has 1 aliphatic rings. The van der Waals surface area contributed by atoms with Crippen LogP contribution in [0.5, 0.6) is 11.5 Å². The number of hydrogen-bond donors (Lipinski definition) is 1. The van der Waals surface area contributed by atoms with E-state index >= 15 is 0 Å². The molecule has 1 amide bonds. The number of halogens is 1. The van der Waals surface area contributed by atoms with Gasteiger partial charge in [0.2, 0.25) is 0 Å². The van der Waals surface area contributed by atoms with Gasteiger partial charge in [0.05, 0.1) is 0 Å². The van der Waals surface area contributed by atoms with Gasteiger partial charge in [0.1, 0.15) is 35.0 Å². The van der Waals surface area contributed by atoms with Gasteiger partial charge in [0, 0.05) is 30.5 Å². The van der Waals surface area contributed by atoms with Crippen molar-refractivity contribution in [1.29, 1.82) is 0 Å². The zero-order valence-electron chi connectivity index (χ0n) is 22.0. The maximum absolute atomic E-state index is 11.9. The number of nitrogens with zero attached hydrogens (tertiary/aromatic N) is 2. The van der Waals surface area contributed by atoms with Crippen molar-refractivity contribution >= 4 is 17.7 Å². The fourth-order valence-corrected chi connectivity index (χ4v) is 4.28. The van der Waals surface area contributed by atoms with Crippen molar-refractivity contribution in [1.82, 2.24) is 15.3 Å². The number of hydrogen-bond acceptors (Lipinski definition) is 6. The van der Waals surface area contributed by atoms with Crippen molar-refractivity contribution in [2.45, 2.75) is 77.2 Å². The van der Waals surface area contributed by atoms with Gasteiger partial charge < -0.3 is 19.5 Å². The first-order valence-electron chi connectivity index (χ1n) is 12.5. The summed E-state index contributed by atoms with van der Waals surface area (Å²) in [5.74, 6) is 2.11. The van der Waals surface area contributed by atoms with Crippen molar-refractivity contribution in [2.24, 2.45) is 0 Å². The Balaban J connectivity index is 1.28. The molecule has 3 aromatic rings. The molecule has 196 valence electrons. The minimum Gasteiger partial charge on any atom is -0.490 e. The number of aromatic nitrogens is 2. The van der Waals surface area contributed by atoms with E-state index in [1.807, 2.05) is 45.0 Å². The van der Waals surface area contributed by atoms with Gasteiger partial charge in [-0.2, -0.15) is 0 Å². The van der Waals surface area contributed by atoms with Crippen LogP contribution in [0.15, 0.2) is 60.8 Å². The molecule has 8 heteroatoms. The number of nitrogens with one attached hydrogen (secondary N) is 1. The smallest absolute Gasteiger partial charge is 0.407 e. The molecule has 37 heavy (non-hydrogen) atoms. The Kier molecular flexibility index (Phi) is 7.93. The molecule has 1 aromatic heterocycles. The molecule has 4 rings (SSSR count). The van der Waals surface area contributed by atoms with Crippen molar-refractivity contribution in [3.05, 3.63) is 82.9 Å². The Morgan fingerprint density at radius 3 is 2.11 bits per heavy atom. The zero-order valence-corrected chi connectivity index (χ0v) is 22.7. The van der Waals surface area contributed by atoms with Gasteiger partial charge in [-0.25, -0.2) is 14.8 Å². The van der Waals surface area contributed by atoms with Crippen LogP contribution < -0.4 is 14.8 Å². The lowest BCUT2D eigenvalue weighted by Gasteiger charge is -2.36. The van der Waals surface area contributed by atoms with Crippen molar-refractivity contribution < 1.29 is 19.0 Å². The molecule has 0 radical (unpaired) electrons. The molecule has 7 nitrogen and oxygen atoms in total. The van der Waals surface area contributed by atoms with Gasteiger partial charge in [-0.1, -0.05) is 49.7 Å². The number of carbonyl (C=O) groups excluding carboxylic acids is 1. The van der Waals surface area contributed by atoms with Crippen LogP contribution in [0.2, 0.25) is 5.15 Å². The zero-order chi connectivity index (χ0) is 26.6. The first kappa shape index (κ1) is 26.7. The van der Waals surface area contributed by atoms with Crippen LogP contribution in [0, 0.1) is 0 Å². The predicted molar refractivity (Wildman–Crippen MR) is 143 cm³/mol. The third-order valence-corrected chi connectivity index (χ3v) is 6.52. The lowest BCUT2D eigenvalue weighted by atomic mass is 9.78. The maximum atomic E-state index is 11.9. The van der Waals surface area contributed by atoms with E-state index in [2.05, 4.69) is 53.4 Å². The van der Waals surface area contributed by atoms with Crippen molar-refractivity contribution in [3.8, 4) is 11.5 Å². The highest BCUT2D eigenvalue weighted by molar-refractivity contribution is 6.29. The number of carbonyl (C=O) groups is 1. The standard InChI is InChI=1S/C29H34ClN3O4/c1-28(2,3)37-27(34)32-21-16-24(17-21)36-23-12-8-20(9-13-23)29(4,5)19-6-10-22(11-7-19)35-18-26-31-15-14-25(30)33-26/h6-15,21,24H,16-18H2,1-5H3,(H,32,34). The Morgan fingerprint density at radius 1 is 0.946 bits per heavy atom. The summed E-state index contributed by atoms with van der Waals surface area (Å²) in [6, 6.07) is 18.0. The van der Waals surface area contributed by atoms with Gasteiger partial charge in [-0.3, -0.25) is 0 Å². The number of rotatable bonds is 8. The molecule has 0 aliphatic heterocycles. The van der Waals surface area contributed by atoms with Crippen LogP contribution in [-0.2, 0) is 16.8 Å².